The molecule has 0 aromatic carbocycles. The topological polar surface area (TPSA) is 38.7 Å². The molecule has 0 unspecified atom stereocenters. The maximum atomic E-state index is 10.5. The summed E-state index contributed by atoms with van der Waals surface area (Å²) in [5, 5.41) is 10.5. The van der Waals surface area contributed by atoms with Gasteiger partial charge < -0.3 is 14.6 Å². The SMILES string of the molecule is C[Si](C)(C)C#CC1(O)CCC(C2OCCO2)CC1. The second-order valence-corrected chi connectivity index (χ2v) is 11.2. The fourth-order valence-corrected chi connectivity index (χ4v) is 3.08. The first-order chi connectivity index (χ1) is 8.38. The van der Waals surface area contributed by atoms with Gasteiger partial charge in [0.05, 0.1) is 13.2 Å². The van der Waals surface area contributed by atoms with Gasteiger partial charge in [-0.1, -0.05) is 25.6 Å². The van der Waals surface area contributed by atoms with E-state index in [1.807, 2.05) is 0 Å². The molecule has 1 aliphatic carbocycles. The van der Waals surface area contributed by atoms with Crippen LogP contribution in [0.4, 0.5) is 0 Å². The number of aliphatic hydroxyl groups is 1. The van der Waals surface area contributed by atoms with Crippen LogP contribution in [0.3, 0.4) is 0 Å². The van der Waals surface area contributed by atoms with Crippen LogP contribution in [0.25, 0.3) is 0 Å². The van der Waals surface area contributed by atoms with Crippen LogP contribution in [0.15, 0.2) is 0 Å². The summed E-state index contributed by atoms with van der Waals surface area (Å²) >= 11 is 0. The summed E-state index contributed by atoms with van der Waals surface area (Å²) in [5.74, 6) is 3.57. The monoisotopic (exact) mass is 268 g/mol. The minimum atomic E-state index is -1.40. The van der Waals surface area contributed by atoms with E-state index in [1.54, 1.807) is 0 Å². The van der Waals surface area contributed by atoms with Gasteiger partial charge in [-0.2, -0.15) is 0 Å². The molecular weight excluding hydrogens is 244 g/mol. The van der Waals surface area contributed by atoms with Crippen LogP contribution < -0.4 is 0 Å². The molecule has 1 saturated heterocycles. The van der Waals surface area contributed by atoms with Crippen LogP contribution in [0.1, 0.15) is 25.7 Å². The summed E-state index contributed by atoms with van der Waals surface area (Å²) in [6.45, 7) is 8.03. The first kappa shape index (κ1) is 14.1. The van der Waals surface area contributed by atoms with Crippen molar-refractivity contribution in [1.29, 1.82) is 0 Å². The van der Waals surface area contributed by atoms with Gasteiger partial charge >= 0.3 is 0 Å². The Kier molecular flexibility index (Phi) is 4.17. The van der Waals surface area contributed by atoms with Crippen molar-refractivity contribution in [3.8, 4) is 11.5 Å². The maximum Gasteiger partial charge on any atom is 0.160 e. The maximum absolute atomic E-state index is 10.5. The first-order valence-electron chi connectivity index (χ1n) is 6.88. The molecule has 0 atom stereocenters. The van der Waals surface area contributed by atoms with Crippen LogP contribution in [0, 0.1) is 17.4 Å². The highest BCUT2D eigenvalue weighted by atomic mass is 28.3. The highest BCUT2D eigenvalue weighted by molar-refractivity contribution is 6.83. The Bertz CT molecular complexity index is 336. The zero-order valence-electron chi connectivity index (χ0n) is 11.7. The molecule has 2 rings (SSSR count). The third-order valence-electron chi connectivity index (χ3n) is 3.56. The van der Waals surface area contributed by atoms with Crippen LogP contribution in [0.2, 0.25) is 19.6 Å². The summed E-state index contributed by atoms with van der Waals surface area (Å²) < 4.78 is 11.1. The molecule has 2 fully saturated rings. The minimum absolute atomic E-state index is 0.0421. The molecule has 0 aromatic rings. The molecule has 0 radical (unpaired) electrons. The van der Waals surface area contributed by atoms with Crippen LogP contribution >= 0.6 is 0 Å². The lowest BCUT2D eigenvalue weighted by Crippen LogP contribution is -2.37. The summed E-state index contributed by atoms with van der Waals surface area (Å²) in [6.07, 6.45) is 3.35. The quantitative estimate of drug-likeness (QED) is 0.585. The normalized spacial score (nSPS) is 34.1. The lowest BCUT2D eigenvalue weighted by atomic mass is 9.79. The van der Waals surface area contributed by atoms with E-state index in [9.17, 15) is 5.11 Å². The van der Waals surface area contributed by atoms with Crippen molar-refractivity contribution in [3.63, 3.8) is 0 Å². The number of hydrogen-bond donors (Lipinski definition) is 1. The second-order valence-electron chi connectivity index (χ2n) is 6.48. The van der Waals surface area contributed by atoms with E-state index in [0.717, 1.165) is 25.7 Å². The average molecular weight is 268 g/mol. The van der Waals surface area contributed by atoms with Gasteiger partial charge in [-0.25, -0.2) is 0 Å². The van der Waals surface area contributed by atoms with Gasteiger partial charge in [0.15, 0.2) is 6.29 Å². The van der Waals surface area contributed by atoms with Crippen LogP contribution in [-0.2, 0) is 9.47 Å². The zero-order chi connectivity index (χ0) is 13.2. The van der Waals surface area contributed by atoms with Crippen molar-refractivity contribution in [3.05, 3.63) is 0 Å². The molecule has 0 amide bonds. The van der Waals surface area contributed by atoms with Gasteiger partial charge in [-0.05, 0) is 25.7 Å². The standard InChI is InChI=1S/C14H24O3Si/c1-18(2,3)11-8-14(15)6-4-12(5-7-14)13-16-9-10-17-13/h12-13,15H,4-7,9-10H2,1-3H3. The summed E-state index contributed by atoms with van der Waals surface area (Å²) in [5.41, 5.74) is 2.52. The summed E-state index contributed by atoms with van der Waals surface area (Å²) in [7, 11) is -1.40. The highest BCUT2D eigenvalue weighted by Crippen LogP contribution is 2.35. The van der Waals surface area contributed by atoms with Gasteiger partial charge in [0.1, 0.15) is 13.7 Å². The second kappa shape index (κ2) is 5.34. The van der Waals surface area contributed by atoms with Crippen LogP contribution in [-0.4, -0.2) is 38.3 Å². The molecule has 1 heterocycles. The molecule has 1 N–H and O–H groups in total. The van der Waals surface area contributed by atoms with E-state index in [1.165, 1.54) is 0 Å². The average Bonchev–Trinajstić information content (AvgIpc) is 2.80. The largest absolute Gasteiger partial charge is 0.378 e. The van der Waals surface area contributed by atoms with Gasteiger partial charge in [0.2, 0.25) is 0 Å². The van der Waals surface area contributed by atoms with Gasteiger partial charge in [0.25, 0.3) is 0 Å². The van der Waals surface area contributed by atoms with Crippen molar-refractivity contribution in [2.75, 3.05) is 13.2 Å². The molecule has 0 bridgehead atoms. The first-order valence-corrected chi connectivity index (χ1v) is 10.4. The van der Waals surface area contributed by atoms with E-state index in [0.29, 0.717) is 19.1 Å². The molecule has 4 heteroatoms. The van der Waals surface area contributed by atoms with Crippen molar-refractivity contribution >= 4 is 8.07 Å². The molecule has 3 nitrogen and oxygen atoms in total. The smallest absolute Gasteiger partial charge is 0.160 e. The van der Waals surface area contributed by atoms with Crippen molar-refractivity contribution in [2.45, 2.75) is 57.2 Å². The lowest BCUT2D eigenvalue weighted by Gasteiger charge is -2.34. The Balaban J connectivity index is 1.90. The minimum Gasteiger partial charge on any atom is -0.378 e. The summed E-state index contributed by atoms with van der Waals surface area (Å²) in [4.78, 5) is 0. The van der Waals surface area contributed by atoms with Gasteiger partial charge in [-0.3, -0.25) is 0 Å². The van der Waals surface area contributed by atoms with Crippen LogP contribution in [0.5, 0.6) is 0 Å². The Hall–Kier alpha value is -0.343. The van der Waals surface area contributed by atoms with E-state index in [-0.39, 0.29) is 6.29 Å². The molecule has 2 aliphatic rings. The Morgan fingerprint density at radius 1 is 1.11 bits per heavy atom. The Labute approximate surface area is 111 Å². The predicted molar refractivity (Wildman–Crippen MR) is 73.7 cm³/mol. The van der Waals surface area contributed by atoms with E-state index >= 15 is 0 Å². The number of hydrogen-bond acceptors (Lipinski definition) is 3. The highest BCUT2D eigenvalue weighted by Gasteiger charge is 2.37. The number of ether oxygens (including phenoxy) is 2. The Morgan fingerprint density at radius 3 is 2.17 bits per heavy atom. The Morgan fingerprint density at radius 2 is 1.67 bits per heavy atom. The van der Waals surface area contributed by atoms with E-state index < -0.39 is 13.7 Å². The van der Waals surface area contributed by atoms with Crippen molar-refractivity contribution in [2.24, 2.45) is 5.92 Å². The third kappa shape index (κ3) is 3.82. The van der Waals surface area contributed by atoms with Crippen molar-refractivity contribution in [1.82, 2.24) is 0 Å². The summed E-state index contributed by atoms with van der Waals surface area (Å²) in [6, 6.07) is 0. The molecule has 0 spiro atoms. The lowest BCUT2D eigenvalue weighted by molar-refractivity contribution is -0.105. The third-order valence-corrected chi connectivity index (χ3v) is 4.44. The fraction of sp³-hybridized carbons (Fsp3) is 0.857. The van der Waals surface area contributed by atoms with Crippen molar-refractivity contribution < 1.29 is 14.6 Å². The molecule has 1 aliphatic heterocycles. The number of rotatable bonds is 1. The molecule has 1 saturated carbocycles. The molecule has 0 aromatic heterocycles. The van der Waals surface area contributed by atoms with Gasteiger partial charge in [-0.15, -0.1) is 5.54 Å². The molecule has 102 valence electrons. The van der Waals surface area contributed by atoms with E-state index in [4.69, 9.17) is 9.47 Å². The van der Waals surface area contributed by atoms with E-state index in [2.05, 4.69) is 31.1 Å². The predicted octanol–water partition coefficient (Wildman–Crippen LogP) is 2.16. The molecule has 18 heavy (non-hydrogen) atoms. The fourth-order valence-electron chi connectivity index (χ4n) is 2.47. The molecular formula is C14H24O3Si. The van der Waals surface area contributed by atoms with Gasteiger partial charge in [0, 0.05) is 5.92 Å². The zero-order valence-corrected chi connectivity index (χ0v) is 12.7.